The van der Waals surface area contributed by atoms with Crippen LogP contribution in [0.1, 0.15) is 11.1 Å². The highest BCUT2D eigenvalue weighted by molar-refractivity contribution is 6.31. The van der Waals surface area contributed by atoms with Crippen molar-refractivity contribution in [2.75, 3.05) is 26.1 Å². The second-order valence-corrected chi connectivity index (χ2v) is 7.64. The van der Waals surface area contributed by atoms with Crippen molar-refractivity contribution in [2.45, 2.75) is 0 Å². The summed E-state index contributed by atoms with van der Waals surface area (Å²) in [6.07, 6.45) is 1.64. The molecule has 3 rings (SSSR count). The Kier molecular flexibility index (Phi) is 8.20. The van der Waals surface area contributed by atoms with E-state index in [-0.39, 0.29) is 12.5 Å². The molecule has 0 heterocycles. The quantitative estimate of drug-likeness (QED) is 0.310. The zero-order valence-corrected chi connectivity index (χ0v) is 19.4. The highest BCUT2D eigenvalue weighted by atomic mass is 35.5. The molecule has 0 fully saturated rings. The third-order valence-electron chi connectivity index (χ3n) is 4.57. The Bertz CT molecular complexity index is 1220. The molecule has 33 heavy (non-hydrogen) atoms. The molecule has 0 saturated carbocycles. The van der Waals surface area contributed by atoms with Gasteiger partial charge in [-0.25, -0.2) is 0 Å². The van der Waals surface area contributed by atoms with Crippen LogP contribution in [0.25, 0.3) is 11.6 Å². The predicted molar refractivity (Wildman–Crippen MR) is 130 cm³/mol. The molecule has 1 N–H and O–H groups in total. The van der Waals surface area contributed by atoms with Crippen molar-refractivity contribution in [3.63, 3.8) is 0 Å². The van der Waals surface area contributed by atoms with E-state index in [1.54, 1.807) is 66.7 Å². The number of nitrogens with one attached hydrogen (secondary N) is 1. The zero-order chi connectivity index (χ0) is 23.8. The fourth-order valence-electron chi connectivity index (χ4n) is 2.98. The van der Waals surface area contributed by atoms with Gasteiger partial charge in [-0.3, -0.25) is 4.79 Å². The summed E-state index contributed by atoms with van der Waals surface area (Å²) in [4.78, 5) is 12.3. The first kappa shape index (κ1) is 24.0. The molecule has 0 aliphatic heterocycles. The van der Waals surface area contributed by atoms with Gasteiger partial charge >= 0.3 is 0 Å². The first-order valence-corrected chi connectivity index (χ1v) is 10.5. The molecule has 0 aliphatic rings. The topological polar surface area (TPSA) is 80.6 Å². The normalized spacial score (nSPS) is 10.8. The van der Waals surface area contributed by atoms with Crippen molar-refractivity contribution < 1.29 is 19.0 Å². The van der Waals surface area contributed by atoms with Gasteiger partial charge in [-0.2, -0.15) is 5.26 Å². The Labute approximate surface area is 201 Å². The summed E-state index contributed by atoms with van der Waals surface area (Å²) < 4.78 is 16.3. The Morgan fingerprint density at radius 1 is 0.939 bits per heavy atom. The van der Waals surface area contributed by atoms with Crippen LogP contribution in [0.4, 0.5) is 5.69 Å². The monoisotopic (exact) mass is 482 g/mol. The number of carbonyl (C=O) groups is 1. The van der Waals surface area contributed by atoms with Crippen molar-refractivity contribution in [1.29, 1.82) is 5.26 Å². The van der Waals surface area contributed by atoms with Crippen molar-refractivity contribution in [3.05, 3.63) is 81.8 Å². The molecule has 0 atom stereocenters. The molecule has 0 unspecified atom stereocenters. The second kappa shape index (κ2) is 11.3. The van der Waals surface area contributed by atoms with E-state index >= 15 is 0 Å². The maximum atomic E-state index is 12.3. The third kappa shape index (κ3) is 6.42. The molecule has 8 heteroatoms. The molecule has 0 aliphatic carbocycles. The van der Waals surface area contributed by atoms with Gasteiger partial charge in [0.15, 0.2) is 18.1 Å². The van der Waals surface area contributed by atoms with Crippen LogP contribution in [-0.2, 0) is 4.79 Å². The predicted octanol–water partition coefficient (Wildman–Crippen LogP) is 6.09. The standard InChI is InChI=1S/C25H20Cl2N2O4/c1-31-23-9-3-16(13-24(23)32-2)18(14-28)11-17-12-20(27)6-10-22(17)33-15-25(30)29-21-7-4-19(26)5-8-21/h3-13H,15H2,1-2H3,(H,29,30)/b18-11+. The number of nitrogens with zero attached hydrogens (tertiary/aromatic N) is 1. The number of allylic oxidation sites excluding steroid dienone is 1. The summed E-state index contributed by atoms with van der Waals surface area (Å²) in [5.41, 5.74) is 2.13. The smallest absolute Gasteiger partial charge is 0.262 e. The van der Waals surface area contributed by atoms with E-state index in [1.807, 2.05) is 0 Å². The van der Waals surface area contributed by atoms with Crippen molar-refractivity contribution in [1.82, 2.24) is 0 Å². The Hall–Kier alpha value is -3.66. The molecule has 1 amide bonds. The van der Waals surface area contributed by atoms with E-state index in [4.69, 9.17) is 37.4 Å². The average Bonchev–Trinajstić information content (AvgIpc) is 2.83. The van der Waals surface area contributed by atoms with E-state index in [0.717, 1.165) is 0 Å². The minimum absolute atomic E-state index is 0.233. The molecule has 3 aromatic rings. The van der Waals surface area contributed by atoms with Gasteiger partial charge in [0.1, 0.15) is 5.75 Å². The van der Waals surface area contributed by atoms with Crippen LogP contribution in [0.3, 0.4) is 0 Å². The molecule has 168 valence electrons. The maximum absolute atomic E-state index is 12.3. The Morgan fingerprint density at radius 2 is 1.61 bits per heavy atom. The van der Waals surface area contributed by atoms with Gasteiger partial charge in [0.05, 0.1) is 25.9 Å². The zero-order valence-electron chi connectivity index (χ0n) is 17.9. The third-order valence-corrected chi connectivity index (χ3v) is 5.06. The first-order valence-electron chi connectivity index (χ1n) is 9.75. The Morgan fingerprint density at radius 3 is 2.27 bits per heavy atom. The number of hydrogen-bond donors (Lipinski definition) is 1. The molecule has 6 nitrogen and oxygen atoms in total. The summed E-state index contributed by atoms with van der Waals surface area (Å²) in [7, 11) is 3.06. The molecule has 0 bridgehead atoms. The number of rotatable bonds is 8. The number of ether oxygens (including phenoxy) is 3. The number of amides is 1. The van der Waals surface area contributed by atoms with Gasteiger partial charge in [-0.15, -0.1) is 0 Å². The van der Waals surface area contributed by atoms with E-state index in [0.29, 0.717) is 49.7 Å². The summed E-state index contributed by atoms with van der Waals surface area (Å²) in [5, 5.41) is 13.5. The molecular weight excluding hydrogens is 463 g/mol. The lowest BCUT2D eigenvalue weighted by Crippen LogP contribution is -2.20. The van der Waals surface area contributed by atoms with Crippen LogP contribution >= 0.6 is 23.2 Å². The lowest BCUT2D eigenvalue weighted by Gasteiger charge is -2.12. The Balaban J connectivity index is 1.82. The average molecular weight is 483 g/mol. The fourth-order valence-corrected chi connectivity index (χ4v) is 3.28. The molecular formula is C25H20Cl2N2O4. The van der Waals surface area contributed by atoms with Crippen LogP contribution in [0.15, 0.2) is 60.7 Å². The SMILES string of the molecule is COc1ccc(/C(C#N)=C/c2cc(Cl)ccc2OCC(=O)Nc2ccc(Cl)cc2)cc1OC. The molecule has 0 radical (unpaired) electrons. The van der Waals surface area contributed by atoms with Crippen LogP contribution < -0.4 is 19.5 Å². The number of halogens is 2. The lowest BCUT2D eigenvalue weighted by atomic mass is 10.0. The maximum Gasteiger partial charge on any atom is 0.262 e. The van der Waals surface area contributed by atoms with Gasteiger partial charge in [-0.1, -0.05) is 23.2 Å². The molecule has 3 aromatic carbocycles. The minimum Gasteiger partial charge on any atom is -0.493 e. The van der Waals surface area contributed by atoms with Gasteiger partial charge in [0.2, 0.25) is 0 Å². The van der Waals surface area contributed by atoms with Crippen LogP contribution in [0, 0.1) is 11.3 Å². The van der Waals surface area contributed by atoms with E-state index in [2.05, 4.69) is 11.4 Å². The second-order valence-electron chi connectivity index (χ2n) is 6.77. The number of nitriles is 1. The summed E-state index contributed by atoms with van der Waals surface area (Å²) in [6.45, 7) is -0.233. The lowest BCUT2D eigenvalue weighted by molar-refractivity contribution is -0.118. The minimum atomic E-state index is -0.345. The van der Waals surface area contributed by atoms with Crippen LogP contribution in [0.2, 0.25) is 10.0 Å². The van der Waals surface area contributed by atoms with Gasteiger partial charge in [-0.05, 0) is 72.3 Å². The summed E-state index contributed by atoms with van der Waals surface area (Å²) in [5.74, 6) is 1.11. The van der Waals surface area contributed by atoms with E-state index in [1.165, 1.54) is 14.2 Å². The summed E-state index contributed by atoms with van der Waals surface area (Å²) in [6, 6.07) is 19.1. The number of benzene rings is 3. The number of anilines is 1. The van der Waals surface area contributed by atoms with Gasteiger partial charge in [0.25, 0.3) is 5.91 Å². The van der Waals surface area contributed by atoms with Crippen molar-refractivity contribution >= 4 is 46.4 Å². The van der Waals surface area contributed by atoms with E-state index < -0.39 is 0 Å². The van der Waals surface area contributed by atoms with Gasteiger partial charge in [0, 0.05) is 21.3 Å². The number of methoxy groups -OCH3 is 2. The van der Waals surface area contributed by atoms with Crippen molar-refractivity contribution in [2.24, 2.45) is 0 Å². The largest absolute Gasteiger partial charge is 0.493 e. The molecule has 0 saturated heterocycles. The highest BCUT2D eigenvalue weighted by Crippen LogP contribution is 2.32. The number of hydrogen-bond acceptors (Lipinski definition) is 5. The summed E-state index contributed by atoms with van der Waals surface area (Å²) >= 11 is 12.0. The highest BCUT2D eigenvalue weighted by Gasteiger charge is 2.12. The van der Waals surface area contributed by atoms with Crippen molar-refractivity contribution in [3.8, 4) is 23.3 Å². The van der Waals surface area contributed by atoms with E-state index in [9.17, 15) is 10.1 Å². The first-order chi connectivity index (χ1) is 15.9. The molecule has 0 spiro atoms. The fraction of sp³-hybridized carbons (Fsp3) is 0.120. The number of carbonyl (C=O) groups excluding carboxylic acids is 1. The van der Waals surface area contributed by atoms with Gasteiger partial charge < -0.3 is 19.5 Å². The van der Waals surface area contributed by atoms with Crippen LogP contribution in [-0.4, -0.2) is 26.7 Å². The molecule has 0 aromatic heterocycles. The van der Waals surface area contributed by atoms with Crippen LogP contribution in [0.5, 0.6) is 17.2 Å².